The van der Waals surface area contributed by atoms with Crippen molar-refractivity contribution >= 4 is 23.0 Å². The fourth-order valence-electron chi connectivity index (χ4n) is 2.65. The van der Waals surface area contributed by atoms with Gasteiger partial charge < -0.3 is 9.64 Å². The Morgan fingerprint density at radius 2 is 1.91 bits per heavy atom. The first kappa shape index (κ1) is 15.7. The number of ether oxygens (including phenoxy) is 1. The van der Waals surface area contributed by atoms with Crippen molar-refractivity contribution in [1.29, 1.82) is 0 Å². The van der Waals surface area contributed by atoms with Crippen molar-refractivity contribution in [3.8, 4) is 16.2 Å². The fourth-order valence-corrected chi connectivity index (χ4v) is 3.81. The number of likely N-dealkylation sites (N-methyl/N-ethyl adjacent to an activating group) is 1. The van der Waals surface area contributed by atoms with E-state index in [0.717, 1.165) is 17.7 Å². The molecular formula is C18H19NO3S. The molecule has 0 saturated heterocycles. The van der Waals surface area contributed by atoms with E-state index in [2.05, 4.69) is 0 Å². The summed E-state index contributed by atoms with van der Waals surface area (Å²) in [5.74, 6) is 0.771. The van der Waals surface area contributed by atoms with E-state index in [-0.39, 0.29) is 18.3 Å². The molecule has 120 valence electrons. The first-order chi connectivity index (χ1) is 11.0. The summed E-state index contributed by atoms with van der Waals surface area (Å²) in [5.41, 5.74) is 3.64. The van der Waals surface area contributed by atoms with Crippen LogP contribution in [0, 0.1) is 0 Å². The molecule has 23 heavy (non-hydrogen) atoms. The zero-order chi connectivity index (χ0) is 16.6. The Bertz CT molecular complexity index is 777. The highest BCUT2D eigenvalue weighted by molar-refractivity contribution is 7.17. The van der Waals surface area contributed by atoms with Crippen molar-refractivity contribution in [2.24, 2.45) is 0 Å². The van der Waals surface area contributed by atoms with Crippen molar-refractivity contribution in [3.63, 3.8) is 0 Å². The van der Waals surface area contributed by atoms with Crippen LogP contribution in [0.15, 0.2) is 24.3 Å². The highest BCUT2D eigenvalue weighted by Gasteiger charge is 2.21. The van der Waals surface area contributed by atoms with Gasteiger partial charge in [0.15, 0.2) is 12.4 Å². The minimum atomic E-state index is -0.0608. The molecule has 0 aliphatic heterocycles. The molecule has 0 fully saturated rings. The summed E-state index contributed by atoms with van der Waals surface area (Å²) in [4.78, 5) is 26.7. The third kappa shape index (κ3) is 3.15. The molecule has 0 N–H and O–H groups in total. The molecule has 0 atom stereocenters. The summed E-state index contributed by atoms with van der Waals surface area (Å²) in [5, 5.41) is 0. The lowest BCUT2D eigenvalue weighted by molar-refractivity contribution is -0.130. The number of aryl methyl sites for hydroxylation is 2. The van der Waals surface area contributed by atoms with Gasteiger partial charge in [-0.3, -0.25) is 9.59 Å². The number of fused-ring (bicyclic) bond motifs is 3. The van der Waals surface area contributed by atoms with Gasteiger partial charge in [-0.05, 0) is 60.7 Å². The summed E-state index contributed by atoms with van der Waals surface area (Å²) < 4.78 is 5.58. The molecule has 1 aromatic carbocycles. The van der Waals surface area contributed by atoms with E-state index in [1.807, 2.05) is 24.3 Å². The number of amides is 1. The molecule has 0 bridgehead atoms. The van der Waals surface area contributed by atoms with E-state index >= 15 is 0 Å². The van der Waals surface area contributed by atoms with Crippen molar-refractivity contribution in [2.75, 3.05) is 20.7 Å². The molecule has 3 rings (SSSR count). The number of carbonyl (C=O) groups excluding carboxylic acids is 2. The Hall–Kier alpha value is -2.14. The lowest BCUT2D eigenvalue weighted by Crippen LogP contribution is -2.27. The van der Waals surface area contributed by atoms with Crippen LogP contribution in [0.1, 0.15) is 27.7 Å². The third-order valence-electron chi connectivity index (χ3n) is 4.00. The molecule has 1 heterocycles. The number of rotatable bonds is 4. The topological polar surface area (TPSA) is 46.6 Å². The first-order valence-electron chi connectivity index (χ1n) is 7.55. The molecule has 0 unspecified atom stereocenters. The molecular weight excluding hydrogens is 310 g/mol. The van der Waals surface area contributed by atoms with Gasteiger partial charge in [0.25, 0.3) is 5.91 Å². The van der Waals surface area contributed by atoms with E-state index in [4.69, 9.17) is 4.74 Å². The van der Waals surface area contributed by atoms with Crippen LogP contribution in [0.2, 0.25) is 0 Å². The van der Waals surface area contributed by atoms with Gasteiger partial charge in [-0.15, -0.1) is 11.3 Å². The molecule has 2 aromatic rings. The Morgan fingerprint density at radius 1 is 1.17 bits per heavy atom. The van der Waals surface area contributed by atoms with Gasteiger partial charge in [0, 0.05) is 19.0 Å². The van der Waals surface area contributed by atoms with E-state index in [1.54, 1.807) is 32.4 Å². The van der Waals surface area contributed by atoms with Crippen molar-refractivity contribution in [2.45, 2.75) is 19.8 Å². The van der Waals surface area contributed by atoms with E-state index in [9.17, 15) is 9.59 Å². The number of Topliss-reactive ketones (excluding diaryl/α,β-unsaturated/α-hetero) is 1. The quantitative estimate of drug-likeness (QED) is 0.809. The summed E-state index contributed by atoms with van der Waals surface area (Å²) in [6.45, 7) is 1.65. The lowest BCUT2D eigenvalue weighted by Gasteiger charge is -2.18. The Balaban J connectivity index is 1.84. The Kier molecular flexibility index (Phi) is 4.22. The minimum absolute atomic E-state index is 0.0462. The second-order valence-corrected chi connectivity index (χ2v) is 6.97. The van der Waals surface area contributed by atoms with Gasteiger partial charge in [0.2, 0.25) is 0 Å². The zero-order valence-electron chi connectivity index (χ0n) is 13.5. The number of thiophene rings is 1. The smallest absolute Gasteiger partial charge is 0.259 e. The maximum atomic E-state index is 11.6. The van der Waals surface area contributed by atoms with Crippen molar-refractivity contribution in [3.05, 3.63) is 40.3 Å². The predicted octanol–water partition coefficient (Wildman–Crippen LogP) is 3.18. The Morgan fingerprint density at radius 3 is 2.61 bits per heavy atom. The standard InChI is InChI=1S/C18H19NO3S/c1-11(20)16-9-13-5-4-12-8-14(22-10-17(21)19(2)3)6-7-15(12)18(13)23-16/h6-9H,4-5,10H2,1-3H3. The van der Waals surface area contributed by atoms with Crippen LogP contribution in [-0.4, -0.2) is 37.3 Å². The molecule has 5 heteroatoms. The van der Waals surface area contributed by atoms with Crippen LogP contribution in [0.4, 0.5) is 0 Å². The normalized spacial score (nSPS) is 12.3. The molecule has 1 aliphatic carbocycles. The second-order valence-electron chi connectivity index (χ2n) is 5.92. The van der Waals surface area contributed by atoms with Gasteiger partial charge in [-0.25, -0.2) is 0 Å². The molecule has 0 spiro atoms. The molecule has 4 nitrogen and oxygen atoms in total. The average molecular weight is 329 g/mol. The van der Waals surface area contributed by atoms with Gasteiger partial charge in [-0.2, -0.15) is 0 Å². The second kappa shape index (κ2) is 6.16. The van der Waals surface area contributed by atoms with Crippen LogP contribution in [0.25, 0.3) is 10.4 Å². The number of hydrogen-bond donors (Lipinski definition) is 0. The van der Waals surface area contributed by atoms with Crippen molar-refractivity contribution in [1.82, 2.24) is 4.90 Å². The summed E-state index contributed by atoms with van der Waals surface area (Å²) >= 11 is 1.56. The Labute approximate surface area is 139 Å². The first-order valence-corrected chi connectivity index (χ1v) is 8.37. The summed E-state index contributed by atoms with van der Waals surface area (Å²) in [6.07, 6.45) is 1.86. The maximum Gasteiger partial charge on any atom is 0.259 e. The molecule has 1 aliphatic rings. The fraction of sp³-hybridized carbons (Fsp3) is 0.333. The molecule has 0 saturated carbocycles. The monoisotopic (exact) mass is 329 g/mol. The highest BCUT2D eigenvalue weighted by atomic mass is 32.1. The van der Waals surface area contributed by atoms with Crippen LogP contribution in [-0.2, 0) is 17.6 Å². The molecule has 1 amide bonds. The van der Waals surface area contributed by atoms with E-state index in [0.29, 0.717) is 5.75 Å². The number of nitrogens with zero attached hydrogens (tertiary/aromatic N) is 1. The van der Waals surface area contributed by atoms with Gasteiger partial charge in [0.1, 0.15) is 5.75 Å². The maximum absolute atomic E-state index is 11.6. The number of carbonyl (C=O) groups is 2. The average Bonchev–Trinajstić information content (AvgIpc) is 2.96. The third-order valence-corrected chi connectivity index (χ3v) is 5.31. The summed E-state index contributed by atoms with van der Waals surface area (Å²) in [6, 6.07) is 7.95. The van der Waals surface area contributed by atoms with E-state index < -0.39 is 0 Å². The molecule has 1 aromatic heterocycles. The zero-order valence-corrected chi connectivity index (χ0v) is 14.3. The van der Waals surface area contributed by atoms with Gasteiger partial charge in [-0.1, -0.05) is 0 Å². The highest BCUT2D eigenvalue weighted by Crippen LogP contribution is 2.40. The van der Waals surface area contributed by atoms with Crippen LogP contribution in [0.5, 0.6) is 5.75 Å². The summed E-state index contributed by atoms with van der Waals surface area (Å²) in [7, 11) is 3.42. The van der Waals surface area contributed by atoms with Crippen LogP contribution >= 0.6 is 11.3 Å². The number of hydrogen-bond acceptors (Lipinski definition) is 4. The number of ketones is 1. The lowest BCUT2D eigenvalue weighted by atomic mass is 9.91. The number of benzene rings is 1. The minimum Gasteiger partial charge on any atom is -0.484 e. The van der Waals surface area contributed by atoms with Crippen molar-refractivity contribution < 1.29 is 14.3 Å². The predicted molar refractivity (Wildman–Crippen MR) is 91.4 cm³/mol. The molecule has 0 radical (unpaired) electrons. The van der Waals surface area contributed by atoms with E-state index in [1.165, 1.54) is 26.5 Å². The van der Waals surface area contributed by atoms with Gasteiger partial charge in [0.05, 0.1) is 4.88 Å². The largest absolute Gasteiger partial charge is 0.484 e. The van der Waals surface area contributed by atoms with Crippen LogP contribution < -0.4 is 4.74 Å². The van der Waals surface area contributed by atoms with Crippen LogP contribution in [0.3, 0.4) is 0 Å². The van der Waals surface area contributed by atoms with Gasteiger partial charge >= 0.3 is 0 Å². The SMILES string of the molecule is CC(=O)c1cc2c(s1)-c1ccc(OCC(=O)N(C)C)cc1CC2.